The van der Waals surface area contributed by atoms with Gasteiger partial charge < -0.3 is 10.1 Å². The molecule has 110 valence electrons. The number of rotatable bonds is 3. The molecule has 3 heteroatoms. The Balaban J connectivity index is 1.72. The summed E-state index contributed by atoms with van der Waals surface area (Å²) in [4.78, 5) is 0. The first kappa shape index (κ1) is 14.4. The molecule has 2 unspecified atom stereocenters. The average molecular weight is 294 g/mol. The lowest BCUT2D eigenvalue weighted by Crippen LogP contribution is -2.36. The molecular formula is C17H24ClNO. The summed E-state index contributed by atoms with van der Waals surface area (Å²) in [5.74, 6) is 0.655. The van der Waals surface area contributed by atoms with E-state index in [4.69, 9.17) is 16.3 Å². The number of ether oxygens (including phenoxy) is 1. The summed E-state index contributed by atoms with van der Waals surface area (Å²) in [6, 6.07) is 6.73. The number of hydrogen-bond acceptors (Lipinski definition) is 2. The molecule has 2 nitrogen and oxygen atoms in total. The Morgan fingerprint density at radius 1 is 1.40 bits per heavy atom. The molecular weight excluding hydrogens is 270 g/mol. The van der Waals surface area contributed by atoms with Crippen LogP contribution in [-0.2, 0) is 11.2 Å². The highest BCUT2D eigenvalue weighted by Crippen LogP contribution is 2.45. The van der Waals surface area contributed by atoms with Crippen LogP contribution in [-0.4, -0.2) is 19.8 Å². The zero-order valence-corrected chi connectivity index (χ0v) is 13.2. The van der Waals surface area contributed by atoms with E-state index in [1.54, 1.807) is 0 Å². The molecule has 1 aromatic carbocycles. The molecule has 0 bridgehead atoms. The Labute approximate surface area is 126 Å². The van der Waals surface area contributed by atoms with Gasteiger partial charge in [0.2, 0.25) is 0 Å². The lowest BCUT2D eigenvalue weighted by atomic mass is 9.85. The Bertz CT molecular complexity index is 480. The van der Waals surface area contributed by atoms with Gasteiger partial charge in [-0.1, -0.05) is 31.5 Å². The standard InChI is InChI=1S/C17H24ClNO/c1-17(2)9-13-5-6-14(18)8-15(13)16(17)19-10-12-4-3-7-20-11-12/h5-6,8,12,16,19H,3-4,7,9-11H2,1-2H3. The number of halogens is 1. The van der Waals surface area contributed by atoms with Gasteiger partial charge >= 0.3 is 0 Å². The molecule has 2 aliphatic rings. The number of nitrogens with one attached hydrogen (secondary N) is 1. The van der Waals surface area contributed by atoms with Crippen molar-refractivity contribution in [1.82, 2.24) is 5.32 Å². The SMILES string of the molecule is CC1(C)Cc2ccc(Cl)cc2C1NCC1CCCOC1. The molecule has 0 radical (unpaired) electrons. The molecule has 1 saturated heterocycles. The minimum atomic E-state index is 0.253. The molecule has 0 saturated carbocycles. The highest BCUT2D eigenvalue weighted by molar-refractivity contribution is 6.30. The van der Waals surface area contributed by atoms with Crippen LogP contribution in [0.15, 0.2) is 18.2 Å². The Morgan fingerprint density at radius 3 is 3.00 bits per heavy atom. The van der Waals surface area contributed by atoms with Crippen molar-refractivity contribution in [2.24, 2.45) is 11.3 Å². The van der Waals surface area contributed by atoms with E-state index >= 15 is 0 Å². The monoisotopic (exact) mass is 293 g/mol. The van der Waals surface area contributed by atoms with Crippen LogP contribution in [0.5, 0.6) is 0 Å². The van der Waals surface area contributed by atoms with Gasteiger partial charge in [0.1, 0.15) is 0 Å². The van der Waals surface area contributed by atoms with Gasteiger partial charge in [-0.3, -0.25) is 0 Å². The fourth-order valence-corrected chi connectivity index (χ4v) is 3.83. The third-order valence-corrected chi connectivity index (χ3v) is 4.95. The van der Waals surface area contributed by atoms with Gasteiger partial charge in [0.05, 0.1) is 6.61 Å². The molecule has 1 aliphatic heterocycles. The van der Waals surface area contributed by atoms with E-state index in [0.717, 1.165) is 31.2 Å². The number of benzene rings is 1. The van der Waals surface area contributed by atoms with Crippen LogP contribution in [0.2, 0.25) is 5.02 Å². The van der Waals surface area contributed by atoms with E-state index in [1.165, 1.54) is 24.0 Å². The maximum Gasteiger partial charge on any atom is 0.0506 e. The fraction of sp³-hybridized carbons (Fsp3) is 0.647. The molecule has 1 fully saturated rings. The van der Waals surface area contributed by atoms with Gasteiger partial charge in [0.25, 0.3) is 0 Å². The second kappa shape index (κ2) is 5.67. The van der Waals surface area contributed by atoms with Gasteiger partial charge in [-0.2, -0.15) is 0 Å². The van der Waals surface area contributed by atoms with Crippen molar-refractivity contribution in [3.05, 3.63) is 34.3 Å². The van der Waals surface area contributed by atoms with E-state index < -0.39 is 0 Å². The predicted octanol–water partition coefficient (Wildman–Crippen LogP) is 3.98. The lowest BCUT2D eigenvalue weighted by Gasteiger charge is -2.31. The van der Waals surface area contributed by atoms with Gasteiger partial charge in [-0.05, 0) is 53.9 Å². The van der Waals surface area contributed by atoms with E-state index in [-0.39, 0.29) is 5.41 Å². The van der Waals surface area contributed by atoms with Crippen LogP contribution in [0.3, 0.4) is 0 Å². The Hall–Kier alpha value is -0.570. The van der Waals surface area contributed by atoms with Crippen molar-refractivity contribution in [1.29, 1.82) is 0 Å². The van der Waals surface area contributed by atoms with Crippen molar-refractivity contribution in [2.45, 2.75) is 39.2 Å². The van der Waals surface area contributed by atoms with Crippen LogP contribution >= 0.6 is 11.6 Å². The summed E-state index contributed by atoms with van der Waals surface area (Å²) in [5, 5.41) is 4.63. The molecule has 1 N–H and O–H groups in total. The van der Waals surface area contributed by atoms with Crippen LogP contribution in [0.4, 0.5) is 0 Å². The van der Waals surface area contributed by atoms with Gasteiger partial charge in [0, 0.05) is 24.2 Å². The second-order valence-electron chi connectivity index (χ2n) is 6.93. The zero-order valence-electron chi connectivity index (χ0n) is 12.4. The largest absolute Gasteiger partial charge is 0.381 e. The Morgan fingerprint density at radius 2 is 2.25 bits per heavy atom. The highest BCUT2D eigenvalue weighted by Gasteiger charge is 2.38. The third kappa shape index (κ3) is 2.88. The van der Waals surface area contributed by atoms with Crippen molar-refractivity contribution < 1.29 is 4.74 Å². The molecule has 1 aliphatic carbocycles. The third-order valence-electron chi connectivity index (χ3n) is 4.71. The molecule has 20 heavy (non-hydrogen) atoms. The summed E-state index contributed by atoms with van der Waals surface area (Å²) in [6.07, 6.45) is 3.60. The maximum atomic E-state index is 6.18. The molecule has 1 heterocycles. The van der Waals surface area contributed by atoms with Crippen molar-refractivity contribution in [3.63, 3.8) is 0 Å². The first-order valence-electron chi connectivity index (χ1n) is 7.66. The van der Waals surface area contributed by atoms with E-state index in [9.17, 15) is 0 Å². The van der Waals surface area contributed by atoms with Crippen molar-refractivity contribution >= 4 is 11.6 Å². The van der Waals surface area contributed by atoms with Crippen molar-refractivity contribution in [3.8, 4) is 0 Å². The van der Waals surface area contributed by atoms with Gasteiger partial charge in [0.15, 0.2) is 0 Å². The summed E-state index contributed by atoms with van der Waals surface area (Å²) in [6.45, 7) is 7.57. The summed E-state index contributed by atoms with van der Waals surface area (Å²) >= 11 is 6.18. The first-order chi connectivity index (χ1) is 9.56. The van der Waals surface area contributed by atoms with E-state index in [1.807, 2.05) is 6.07 Å². The van der Waals surface area contributed by atoms with Crippen LogP contribution in [0, 0.1) is 11.3 Å². The average Bonchev–Trinajstić information content (AvgIpc) is 2.67. The summed E-state index contributed by atoms with van der Waals surface area (Å²) in [5.41, 5.74) is 3.08. The van der Waals surface area contributed by atoms with Gasteiger partial charge in [-0.15, -0.1) is 0 Å². The van der Waals surface area contributed by atoms with E-state index in [2.05, 4.69) is 31.3 Å². The quantitative estimate of drug-likeness (QED) is 0.910. The maximum absolute atomic E-state index is 6.18. The molecule has 2 atom stereocenters. The summed E-state index contributed by atoms with van der Waals surface area (Å²) in [7, 11) is 0. The highest BCUT2D eigenvalue weighted by atomic mass is 35.5. The lowest BCUT2D eigenvalue weighted by molar-refractivity contribution is 0.0519. The topological polar surface area (TPSA) is 21.3 Å². The molecule has 1 aromatic rings. The number of fused-ring (bicyclic) bond motifs is 1. The minimum absolute atomic E-state index is 0.253. The van der Waals surface area contributed by atoms with Gasteiger partial charge in [-0.25, -0.2) is 0 Å². The molecule has 0 aromatic heterocycles. The zero-order chi connectivity index (χ0) is 14.2. The minimum Gasteiger partial charge on any atom is -0.381 e. The summed E-state index contributed by atoms with van der Waals surface area (Å²) < 4.78 is 5.58. The van der Waals surface area contributed by atoms with Crippen LogP contribution in [0.1, 0.15) is 43.9 Å². The smallest absolute Gasteiger partial charge is 0.0506 e. The fourth-order valence-electron chi connectivity index (χ4n) is 3.65. The molecule has 0 amide bonds. The molecule has 3 rings (SSSR count). The van der Waals surface area contributed by atoms with Crippen molar-refractivity contribution in [2.75, 3.05) is 19.8 Å². The normalized spacial score (nSPS) is 28.4. The van der Waals surface area contributed by atoms with Crippen LogP contribution < -0.4 is 5.32 Å². The second-order valence-corrected chi connectivity index (χ2v) is 7.37. The van der Waals surface area contributed by atoms with Crippen LogP contribution in [0.25, 0.3) is 0 Å². The first-order valence-corrected chi connectivity index (χ1v) is 8.03. The predicted molar refractivity (Wildman–Crippen MR) is 83.2 cm³/mol. The Kier molecular flexibility index (Phi) is 4.07. The van der Waals surface area contributed by atoms with E-state index in [0.29, 0.717) is 12.0 Å². The molecule has 0 spiro atoms. The number of hydrogen-bond donors (Lipinski definition) is 1.